The Hall–Kier alpha value is -1.78. The number of carbonyl (C=O) groups excluding carboxylic acids is 1. The Morgan fingerprint density at radius 3 is 2.45 bits per heavy atom. The molecule has 4 nitrogen and oxygen atoms in total. The summed E-state index contributed by atoms with van der Waals surface area (Å²) in [6.45, 7) is 0. The number of nitrogens with zero attached hydrogens (tertiary/aromatic N) is 2. The molecule has 0 radical (unpaired) electrons. The summed E-state index contributed by atoms with van der Waals surface area (Å²) in [6.07, 6.45) is 1.53. The molecule has 1 amide bonds. The van der Waals surface area contributed by atoms with Crippen LogP contribution in [0, 0.1) is 0 Å². The van der Waals surface area contributed by atoms with Gasteiger partial charge >= 0.3 is 0 Å². The number of carbonyl (C=O) groups is 1. The van der Waals surface area contributed by atoms with Crippen LogP contribution in [0.1, 0.15) is 10.4 Å². The Labute approximate surface area is 127 Å². The number of nitrogens with one attached hydrogen (secondary N) is 1. The zero-order chi connectivity index (χ0) is 14.7. The summed E-state index contributed by atoms with van der Waals surface area (Å²) in [7, 11) is 3.77. The van der Waals surface area contributed by atoms with Crippen LogP contribution in [0.25, 0.3) is 0 Å². The molecule has 0 saturated carbocycles. The van der Waals surface area contributed by atoms with Crippen molar-refractivity contribution >= 4 is 40.6 Å². The molecule has 20 heavy (non-hydrogen) atoms. The normalized spacial score (nSPS) is 10.2. The van der Waals surface area contributed by atoms with E-state index in [1.54, 1.807) is 30.3 Å². The predicted octanol–water partition coefficient (Wildman–Crippen LogP) is 3.71. The lowest BCUT2D eigenvalue weighted by Gasteiger charge is -2.11. The molecule has 104 valence electrons. The highest BCUT2D eigenvalue weighted by atomic mass is 35.5. The molecular weight excluding hydrogens is 297 g/mol. The van der Waals surface area contributed by atoms with Gasteiger partial charge in [-0.1, -0.05) is 23.2 Å². The predicted molar refractivity (Wildman–Crippen MR) is 83.0 cm³/mol. The van der Waals surface area contributed by atoms with Crippen molar-refractivity contribution in [1.82, 2.24) is 4.98 Å². The molecule has 0 unspecified atom stereocenters. The van der Waals surface area contributed by atoms with Gasteiger partial charge in [0.2, 0.25) is 0 Å². The molecule has 6 heteroatoms. The van der Waals surface area contributed by atoms with Crippen molar-refractivity contribution < 1.29 is 4.79 Å². The highest BCUT2D eigenvalue weighted by molar-refractivity contribution is 6.42. The molecule has 0 saturated heterocycles. The third kappa shape index (κ3) is 3.40. The summed E-state index contributed by atoms with van der Waals surface area (Å²) in [5.74, 6) is 0.539. The molecule has 0 bridgehead atoms. The third-order valence-corrected chi connectivity index (χ3v) is 3.38. The minimum atomic E-state index is -0.249. The van der Waals surface area contributed by atoms with Gasteiger partial charge in [-0.05, 0) is 30.3 Å². The maximum absolute atomic E-state index is 12.1. The summed E-state index contributed by atoms with van der Waals surface area (Å²) in [6, 6.07) is 8.42. The first-order chi connectivity index (χ1) is 9.47. The van der Waals surface area contributed by atoms with E-state index in [4.69, 9.17) is 23.2 Å². The Morgan fingerprint density at radius 2 is 1.90 bits per heavy atom. The van der Waals surface area contributed by atoms with Crippen LogP contribution < -0.4 is 10.2 Å². The molecule has 0 atom stereocenters. The minimum Gasteiger partial charge on any atom is -0.363 e. The van der Waals surface area contributed by atoms with E-state index in [0.717, 1.165) is 5.82 Å². The average molecular weight is 310 g/mol. The fourth-order valence-corrected chi connectivity index (χ4v) is 1.86. The first-order valence-corrected chi connectivity index (χ1v) is 6.63. The molecular formula is C14H13Cl2N3O. The van der Waals surface area contributed by atoms with Crippen molar-refractivity contribution in [1.29, 1.82) is 0 Å². The summed E-state index contributed by atoms with van der Waals surface area (Å²) < 4.78 is 0. The number of benzene rings is 1. The van der Waals surface area contributed by atoms with Crippen LogP contribution in [0.15, 0.2) is 36.5 Å². The Balaban J connectivity index is 2.13. The fraction of sp³-hybridized carbons (Fsp3) is 0.143. The van der Waals surface area contributed by atoms with Crippen LogP contribution in [0.3, 0.4) is 0 Å². The standard InChI is InChI=1S/C14H13Cl2N3O/c1-19(2)13-6-3-9(8-17-13)14(20)18-10-4-5-11(15)12(16)7-10/h3-8H,1-2H3,(H,18,20). The van der Waals surface area contributed by atoms with Crippen molar-refractivity contribution in [2.45, 2.75) is 0 Å². The fourth-order valence-electron chi connectivity index (χ4n) is 1.56. The van der Waals surface area contributed by atoms with Gasteiger partial charge in [0.25, 0.3) is 5.91 Å². The van der Waals surface area contributed by atoms with Gasteiger partial charge in [-0.3, -0.25) is 4.79 Å². The second-order valence-corrected chi connectivity index (χ2v) is 5.20. The lowest BCUT2D eigenvalue weighted by atomic mass is 10.2. The van der Waals surface area contributed by atoms with Crippen molar-refractivity contribution in [3.05, 3.63) is 52.1 Å². The average Bonchev–Trinajstić information content (AvgIpc) is 2.43. The number of pyridine rings is 1. The quantitative estimate of drug-likeness (QED) is 0.940. The van der Waals surface area contributed by atoms with E-state index >= 15 is 0 Å². The lowest BCUT2D eigenvalue weighted by Crippen LogP contribution is -2.14. The van der Waals surface area contributed by atoms with E-state index in [1.807, 2.05) is 19.0 Å². The van der Waals surface area contributed by atoms with Crippen LogP contribution in [0.4, 0.5) is 11.5 Å². The zero-order valence-electron chi connectivity index (χ0n) is 11.0. The Kier molecular flexibility index (Phi) is 4.47. The van der Waals surface area contributed by atoms with Gasteiger partial charge in [0, 0.05) is 26.0 Å². The molecule has 1 aromatic carbocycles. The molecule has 2 aromatic rings. The molecule has 1 heterocycles. The van der Waals surface area contributed by atoms with Gasteiger partial charge in [0.05, 0.1) is 15.6 Å². The molecule has 0 aliphatic heterocycles. The molecule has 1 N–H and O–H groups in total. The topological polar surface area (TPSA) is 45.2 Å². The van der Waals surface area contributed by atoms with Crippen LogP contribution in [-0.4, -0.2) is 25.0 Å². The van der Waals surface area contributed by atoms with Crippen LogP contribution in [-0.2, 0) is 0 Å². The van der Waals surface area contributed by atoms with E-state index < -0.39 is 0 Å². The number of aromatic nitrogens is 1. The summed E-state index contributed by atoms with van der Waals surface area (Å²) in [4.78, 5) is 18.1. The molecule has 0 fully saturated rings. The Morgan fingerprint density at radius 1 is 1.15 bits per heavy atom. The van der Waals surface area contributed by atoms with Crippen LogP contribution in [0.5, 0.6) is 0 Å². The minimum absolute atomic E-state index is 0.249. The maximum atomic E-state index is 12.1. The molecule has 0 aliphatic carbocycles. The van der Waals surface area contributed by atoms with Gasteiger partial charge in [-0.2, -0.15) is 0 Å². The smallest absolute Gasteiger partial charge is 0.257 e. The largest absolute Gasteiger partial charge is 0.363 e. The van der Waals surface area contributed by atoms with Crippen molar-refractivity contribution in [2.24, 2.45) is 0 Å². The Bertz CT molecular complexity index is 627. The summed E-state index contributed by atoms with van der Waals surface area (Å²) >= 11 is 11.7. The number of halogens is 2. The molecule has 0 aliphatic rings. The SMILES string of the molecule is CN(C)c1ccc(C(=O)Nc2ccc(Cl)c(Cl)c2)cn1. The van der Waals surface area contributed by atoms with Gasteiger partial charge in [-0.25, -0.2) is 4.98 Å². The number of hydrogen-bond acceptors (Lipinski definition) is 3. The highest BCUT2D eigenvalue weighted by Crippen LogP contribution is 2.25. The van der Waals surface area contributed by atoms with Gasteiger partial charge in [-0.15, -0.1) is 0 Å². The van der Waals surface area contributed by atoms with Gasteiger partial charge in [0.15, 0.2) is 0 Å². The third-order valence-electron chi connectivity index (χ3n) is 2.65. The van der Waals surface area contributed by atoms with Crippen molar-refractivity contribution in [3.8, 4) is 0 Å². The number of amides is 1. The molecule has 1 aromatic heterocycles. The van der Waals surface area contributed by atoms with Gasteiger partial charge < -0.3 is 10.2 Å². The monoisotopic (exact) mass is 309 g/mol. The van der Waals surface area contributed by atoms with Crippen LogP contribution in [0.2, 0.25) is 10.0 Å². The highest BCUT2D eigenvalue weighted by Gasteiger charge is 2.08. The van der Waals surface area contributed by atoms with E-state index in [2.05, 4.69) is 10.3 Å². The first-order valence-electron chi connectivity index (χ1n) is 5.87. The van der Waals surface area contributed by atoms with E-state index in [1.165, 1.54) is 6.20 Å². The van der Waals surface area contributed by atoms with Crippen LogP contribution >= 0.6 is 23.2 Å². The maximum Gasteiger partial charge on any atom is 0.257 e. The van der Waals surface area contributed by atoms with E-state index in [-0.39, 0.29) is 5.91 Å². The number of hydrogen-bond donors (Lipinski definition) is 1. The van der Waals surface area contributed by atoms with Gasteiger partial charge in [0.1, 0.15) is 5.82 Å². The van der Waals surface area contributed by atoms with E-state index in [9.17, 15) is 4.79 Å². The summed E-state index contributed by atoms with van der Waals surface area (Å²) in [5, 5.41) is 3.58. The second kappa shape index (κ2) is 6.11. The van der Waals surface area contributed by atoms with Crippen molar-refractivity contribution in [2.75, 3.05) is 24.3 Å². The molecule has 0 spiro atoms. The van der Waals surface area contributed by atoms with Crippen molar-refractivity contribution in [3.63, 3.8) is 0 Å². The first kappa shape index (κ1) is 14.6. The number of anilines is 2. The molecule has 2 rings (SSSR count). The summed E-state index contributed by atoms with van der Waals surface area (Å²) in [5.41, 5.74) is 1.06. The number of rotatable bonds is 3. The lowest BCUT2D eigenvalue weighted by molar-refractivity contribution is 0.102. The zero-order valence-corrected chi connectivity index (χ0v) is 12.5. The second-order valence-electron chi connectivity index (χ2n) is 4.38. The van der Waals surface area contributed by atoms with E-state index in [0.29, 0.717) is 21.3 Å².